The topological polar surface area (TPSA) is 45.2 Å². The van der Waals surface area contributed by atoms with Crippen LogP contribution in [-0.2, 0) is 0 Å². The van der Waals surface area contributed by atoms with E-state index in [-0.39, 0.29) is 11.9 Å². The van der Waals surface area contributed by atoms with Crippen molar-refractivity contribution in [3.8, 4) is 0 Å². The van der Waals surface area contributed by atoms with Crippen molar-refractivity contribution >= 4 is 23.1 Å². The van der Waals surface area contributed by atoms with E-state index in [0.29, 0.717) is 11.4 Å². The minimum Gasteiger partial charge on any atom is -0.362 e. The van der Waals surface area contributed by atoms with Gasteiger partial charge in [-0.15, -0.1) is 11.3 Å². The summed E-state index contributed by atoms with van der Waals surface area (Å²) >= 11 is 1.74. The van der Waals surface area contributed by atoms with Gasteiger partial charge in [0.2, 0.25) is 0 Å². The summed E-state index contributed by atoms with van der Waals surface area (Å²) in [6.07, 6.45) is 6.05. The van der Waals surface area contributed by atoms with Gasteiger partial charge in [0, 0.05) is 24.2 Å². The molecule has 3 heterocycles. The van der Waals surface area contributed by atoms with E-state index in [4.69, 9.17) is 0 Å². The number of anilines is 1. The Morgan fingerprint density at radius 1 is 1.35 bits per heavy atom. The van der Waals surface area contributed by atoms with Gasteiger partial charge in [0.25, 0.3) is 5.91 Å². The number of carbonyl (C=O) groups excluding carboxylic acids is 1. The summed E-state index contributed by atoms with van der Waals surface area (Å²) in [6.45, 7) is 3.89. The zero-order valence-corrected chi connectivity index (χ0v) is 14.3. The maximum Gasteiger partial charge on any atom is 0.257 e. The summed E-state index contributed by atoms with van der Waals surface area (Å²) in [7, 11) is 0. The molecule has 0 bridgehead atoms. The number of rotatable bonds is 6. The maximum absolute atomic E-state index is 12.7. The molecule has 1 saturated heterocycles. The van der Waals surface area contributed by atoms with Gasteiger partial charge in [-0.2, -0.15) is 0 Å². The molecule has 2 aromatic heterocycles. The van der Waals surface area contributed by atoms with Crippen LogP contribution in [0.1, 0.15) is 53.9 Å². The van der Waals surface area contributed by atoms with Crippen LogP contribution in [0.15, 0.2) is 35.8 Å². The van der Waals surface area contributed by atoms with Crippen LogP contribution in [0.4, 0.5) is 5.82 Å². The zero-order valence-electron chi connectivity index (χ0n) is 13.5. The Balaban J connectivity index is 1.83. The SMILES string of the molecule is CCCC(Nc1ncccc1C(=O)N1CCCC1)c1cccs1. The molecule has 4 nitrogen and oxygen atoms in total. The number of carbonyl (C=O) groups is 1. The van der Waals surface area contributed by atoms with E-state index in [1.165, 1.54) is 4.88 Å². The standard InChI is InChI=1S/C18H23N3OS/c1-2-7-15(16-9-6-13-23-16)20-17-14(8-5-10-19-17)18(22)21-11-3-4-12-21/h5-6,8-10,13,15H,2-4,7,11-12H2,1H3,(H,19,20). The van der Waals surface area contributed by atoms with Crippen LogP contribution in [0.3, 0.4) is 0 Å². The number of hydrogen-bond donors (Lipinski definition) is 1. The number of pyridine rings is 1. The van der Waals surface area contributed by atoms with E-state index >= 15 is 0 Å². The van der Waals surface area contributed by atoms with Crippen LogP contribution in [0.5, 0.6) is 0 Å². The number of thiophene rings is 1. The normalized spacial score (nSPS) is 15.6. The van der Waals surface area contributed by atoms with Gasteiger partial charge < -0.3 is 10.2 Å². The van der Waals surface area contributed by atoms with Gasteiger partial charge in [0.05, 0.1) is 11.6 Å². The van der Waals surface area contributed by atoms with Crippen LogP contribution in [0, 0.1) is 0 Å². The monoisotopic (exact) mass is 329 g/mol. The largest absolute Gasteiger partial charge is 0.362 e. The van der Waals surface area contributed by atoms with Gasteiger partial charge in [0.15, 0.2) is 0 Å². The van der Waals surface area contributed by atoms with Gasteiger partial charge in [-0.3, -0.25) is 4.79 Å². The summed E-state index contributed by atoms with van der Waals surface area (Å²) in [4.78, 5) is 20.4. The highest BCUT2D eigenvalue weighted by Crippen LogP contribution is 2.28. The lowest BCUT2D eigenvalue weighted by molar-refractivity contribution is 0.0793. The zero-order chi connectivity index (χ0) is 16.1. The second-order valence-corrected chi connectivity index (χ2v) is 6.88. The number of likely N-dealkylation sites (tertiary alicyclic amines) is 1. The van der Waals surface area contributed by atoms with Crippen molar-refractivity contribution in [1.82, 2.24) is 9.88 Å². The molecule has 23 heavy (non-hydrogen) atoms. The Morgan fingerprint density at radius 2 is 2.17 bits per heavy atom. The van der Waals surface area contributed by atoms with Crippen molar-refractivity contribution in [2.24, 2.45) is 0 Å². The molecule has 1 aliphatic rings. The van der Waals surface area contributed by atoms with Crippen molar-refractivity contribution in [1.29, 1.82) is 0 Å². The maximum atomic E-state index is 12.7. The second kappa shape index (κ2) is 7.59. The second-order valence-electron chi connectivity index (χ2n) is 5.90. The van der Waals surface area contributed by atoms with Gasteiger partial charge in [-0.05, 0) is 42.8 Å². The number of nitrogens with zero attached hydrogens (tertiary/aromatic N) is 2. The predicted octanol–water partition coefficient (Wildman–Crippen LogP) is 4.33. The minimum atomic E-state index is 0.0968. The highest BCUT2D eigenvalue weighted by Gasteiger charge is 2.23. The third-order valence-corrected chi connectivity index (χ3v) is 5.19. The van der Waals surface area contributed by atoms with Crippen LogP contribution in [-0.4, -0.2) is 28.9 Å². The van der Waals surface area contributed by atoms with Gasteiger partial charge in [-0.25, -0.2) is 4.98 Å². The summed E-state index contributed by atoms with van der Waals surface area (Å²) < 4.78 is 0. The quantitative estimate of drug-likeness (QED) is 0.858. The fraction of sp³-hybridized carbons (Fsp3) is 0.444. The fourth-order valence-corrected chi connectivity index (χ4v) is 3.82. The molecule has 0 spiro atoms. The summed E-state index contributed by atoms with van der Waals surface area (Å²) in [5, 5.41) is 5.60. The van der Waals surface area contributed by atoms with Crippen LogP contribution < -0.4 is 5.32 Å². The molecule has 1 amide bonds. The molecule has 0 saturated carbocycles. The van der Waals surface area contributed by atoms with Crippen LogP contribution in [0.25, 0.3) is 0 Å². The highest BCUT2D eigenvalue weighted by atomic mass is 32.1. The van der Waals surface area contributed by atoms with Gasteiger partial charge >= 0.3 is 0 Å². The lowest BCUT2D eigenvalue weighted by Crippen LogP contribution is -2.29. The van der Waals surface area contributed by atoms with E-state index in [9.17, 15) is 4.79 Å². The first-order valence-electron chi connectivity index (χ1n) is 8.34. The molecule has 122 valence electrons. The Labute approximate surface area is 141 Å². The van der Waals surface area contributed by atoms with E-state index in [1.54, 1.807) is 17.5 Å². The molecule has 0 aromatic carbocycles. The highest BCUT2D eigenvalue weighted by molar-refractivity contribution is 7.10. The first-order valence-corrected chi connectivity index (χ1v) is 9.21. The molecule has 3 rings (SSSR count). The molecule has 0 aliphatic carbocycles. The van der Waals surface area contributed by atoms with E-state index < -0.39 is 0 Å². The predicted molar refractivity (Wildman–Crippen MR) is 95.0 cm³/mol. The van der Waals surface area contributed by atoms with Crippen molar-refractivity contribution in [3.63, 3.8) is 0 Å². The Bertz CT molecular complexity index is 635. The lowest BCUT2D eigenvalue weighted by Gasteiger charge is -2.21. The Kier molecular flexibility index (Phi) is 5.28. The molecule has 5 heteroatoms. The van der Waals surface area contributed by atoms with Crippen LogP contribution in [0.2, 0.25) is 0 Å². The number of amides is 1. The van der Waals surface area contributed by atoms with Crippen molar-refractivity contribution in [2.75, 3.05) is 18.4 Å². The summed E-state index contributed by atoms with van der Waals surface area (Å²) in [5.41, 5.74) is 0.687. The van der Waals surface area contributed by atoms with Crippen molar-refractivity contribution < 1.29 is 4.79 Å². The molecular weight excluding hydrogens is 306 g/mol. The lowest BCUT2D eigenvalue weighted by atomic mass is 10.1. The summed E-state index contributed by atoms with van der Waals surface area (Å²) in [5.74, 6) is 0.802. The first kappa shape index (κ1) is 16.0. The Hall–Kier alpha value is -1.88. The number of hydrogen-bond acceptors (Lipinski definition) is 4. The fourth-order valence-electron chi connectivity index (χ4n) is 3.01. The number of aromatic nitrogens is 1. The van der Waals surface area contributed by atoms with E-state index in [1.807, 2.05) is 17.0 Å². The molecule has 1 atom stereocenters. The molecule has 1 aliphatic heterocycles. The average Bonchev–Trinajstić information content (AvgIpc) is 3.28. The number of nitrogens with one attached hydrogen (secondary N) is 1. The van der Waals surface area contributed by atoms with Gasteiger partial charge in [-0.1, -0.05) is 19.4 Å². The van der Waals surface area contributed by atoms with Gasteiger partial charge in [0.1, 0.15) is 5.82 Å². The van der Waals surface area contributed by atoms with Crippen LogP contribution >= 0.6 is 11.3 Å². The van der Waals surface area contributed by atoms with Crippen molar-refractivity contribution in [3.05, 3.63) is 46.3 Å². The molecule has 1 N–H and O–H groups in total. The first-order chi connectivity index (χ1) is 11.3. The van der Waals surface area contributed by atoms with Crippen molar-refractivity contribution in [2.45, 2.75) is 38.6 Å². The Morgan fingerprint density at radius 3 is 2.87 bits per heavy atom. The molecule has 1 fully saturated rings. The van der Waals surface area contributed by atoms with E-state index in [0.717, 1.165) is 38.8 Å². The molecule has 0 radical (unpaired) electrons. The third kappa shape index (κ3) is 3.72. The summed E-state index contributed by atoms with van der Waals surface area (Å²) in [6, 6.07) is 8.14. The minimum absolute atomic E-state index is 0.0968. The molecule has 2 aromatic rings. The average molecular weight is 329 g/mol. The van der Waals surface area contributed by atoms with E-state index in [2.05, 4.69) is 34.7 Å². The third-order valence-electron chi connectivity index (χ3n) is 4.21. The molecular formula is C18H23N3OS. The molecule has 1 unspecified atom stereocenters. The smallest absolute Gasteiger partial charge is 0.257 e.